The number of imidazole rings is 1. The Morgan fingerprint density at radius 1 is 1.08 bits per heavy atom. The molecule has 9 heteroatoms. The number of benzene rings is 2. The summed E-state index contributed by atoms with van der Waals surface area (Å²) in [6.45, 7) is 4.28. The van der Waals surface area contributed by atoms with Crippen molar-refractivity contribution in [2.75, 3.05) is 38.1 Å². The molecule has 1 aliphatic heterocycles. The zero-order chi connectivity index (χ0) is 26.9. The van der Waals surface area contributed by atoms with Crippen molar-refractivity contribution in [3.8, 4) is 6.07 Å². The summed E-state index contributed by atoms with van der Waals surface area (Å²) in [5.74, 6) is 0.278. The van der Waals surface area contributed by atoms with Gasteiger partial charge in [-0.2, -0.15) is 5.26 Å². The minimum absolute atomic E-state index is 0.0624. The summed E-state index contributed by atoms with van der Waals surface area (Å²) >= 11 is 1.52. The Balaban J connectivity index is 1.25. The number of aromatic nitrogens is 2. The summed E-state index contributed by atoms with van der Waals surface area (Å²) in [6, 6.07) is 17.7. The Kier molecular flexibility index (Phi) is 6.90. The largest absolute Gasteiger partial charge is 0.335 e. The van der Waals surface area contributed by atoms with E-state index in [0.717, 1.165) is 70.9 Å². The van der Waals surface area contributed by atoms with Crippen molar-refractivity contribution < 1.29 is 9.59 Å². The number of likely N-dealkylation sites (N-methyl/N-ethyl adjacent to an activating group) is 1. The SMILES string of the molecule is CN1CCN(C(=O)c2cc3cc(N(Cc4cncn4Cc4ccc(C#N)cc4)C(=O)C4CC4)ccc3s2)CC1. The van der Waals surface area contributed by atoms with Crippen molar-refractivity contribution in [3.63, 3.8) is 0 Å². The molecular weight excluding hydrogens is 508 g/mol. The van der Waals surface area contributed by atoms with Gasteiger partial charge in [0.2, 0.25) is 5.91 Å². The van der Waals surface area contributed by atoms with Gasteiger partial charge < -0.3 is 19.3 Å². The lowest BCUT2D eigenvalue weighted by atomic mass is 10.1. The lowest BCUT2D eigenvalue weighted by Gasteiger charge is -2.32. The van der Waals surface area contributed by atoms with Crippen LogP contribution in [0.15, 0.2) is 61.1 Å². The first-order valence-electron chi connectivity index (χ1n) is 13.3. The molecule has 3 heterocycles. The van der Waals surface area contributed by atoms with E-state index in [1.807, 2.05) is 69.1 Å². The van der Waals surface area contributed by atoms with Crippen LogP contribution in [0.25, 0.3) is 10.1 Å². The quantitative estimate of drug-likeness (QED) is 0.349. The van der Waals surface area contributed by atoms with Gasteiger partial charge in [0.05, 0.1) is 35.1 Å². The van der Waals surface area contributed by atoms with Crippen LogP contribution in [-0.4, -0.2) is 64.4 Å². The number of fused-ring (bicyclic) bond motifs is 1. The van der Waals surface area contributed by atoms with Gasteiger partial charge in [-0.3, -0.25) is 9.59 Å². The number of thiophene rings is 1. The minimum atomic E-state index is 0.0624. The van der Waals surface area contributed by atoms with Crippen molar-refractivity contribution >= 4 is 38.9 Å². The van der Waals surface area contributed by atoms with E-state index in [-0.39, 0.29) is 17.7 Å². The maximum Gasteiger partial charge on any atom is 0.264 e. The van der Waals surface area contributed by atoms with Crippen LogP contribution in [0.3, 0.4) is 0 Å². The van der Waals surface area contributed by atoms with E-state index in [4.69, 9.17) is 5.26 Å². The third-order valence-corrected chi connectivity index (χ3v) is 8.66. The topological polar surface area (TPSA) is 85.5 Å². The molecule has 1 saturated carbocycles. The molecule has 0 N–H and O–H groups in total. The van der Waals surface area contributed by atoms with E-state index in [1.54, 1.807) is 6.33 Å². The molecule has 0 unspecified atom stereocenters. The van der Waals surface area contributed by atoms with Crippen molar-refractivity contribution in [1.82, 2.24) is 19.4 Å². The van der Waals surface area contributed by atoms with Crippen LogP contribution in [0, 0.1) is 17.2 Å². The van der Waals surface area contributed by atoms with Gasteiger partial charge in [0.25, 0.3) is 5.91 Å². The fourth-order valence-corrected chi connectivity index (χ4v) is 5.99. The molecular formula is C30H30N6O2S. The molecule has 1 aliphatic carbocycles. The molecule has 0 spiro atoms. The van der Waals surface area contributed by atoms with Crippen LogP contribution in [0.4, 0.5) is 5.69 Å². The molecule has 2 aliphatic rings. The molecule has 8 nitrogen and oxygen atoms in total. The van der Waals surface area contributed by atoms with Gasteiger partial charge in [0.15, 0.2) is 0 Å². The van der Waals surface area contributed by atoms with Crippen molar-refractivity contribution in [3.05, 3.63) is 82.8 Å². The second-order valence-corrected chi connectivity index (χ2v) is 11.5. The highest BCUT2D eigenvalue weighted by Crippen LogP contribution is 2.36. The van der Waals surface area contributed by atoms with E-state index in [0.29, 0.717) is 18.7 Å². The van der Waals surface area contributed by atoms with Crippen LogP contribution < -0.4 is 4.90 Å². The molecule has 4 aromatic rings. The Morgan fingerprint density at radius 2 is 1.85 bits per heavy atom. The lowest BCUT2D eigenvalue weighted by Crippen LogP contribution is -2.46. The first-order valence-corrected chi connectivity index (χ1v) is 14.1. The zero-order valence-corrected chi connectivity index (χ0v) is 22.7. The number of amides is 2. The predicted octanol–water partition coefficient (Wildman–Crippen LogP) is 4.35. The third kappa shape index (κ3) is 5.44. The monoisotopic (exact) mass is 538 g/mol. The Labute approximate surface area is 231 Å². The smallest absolute Gasteiger partial charge is 0.264 e. The van der Waals surface area contributed by atoms with Crippen molar-refractivity contribution in [2.45, 2.75) is 25.9 Å². The van der Waals surface area contributed by atoms with Gasteiger partial charge in [-0.25, -0.2) is 4.98 Å². The lowest BCUT2D eigenvalue weighted by molar-refractivity contribution is -0.119. The highest BCUT2D eigenvalue weighted by Gasteiger charge is 2.34. The molecule has 1 saturated heterocycles. The van der Waals surface area contributed by atoms with Gasteiger partial charge >= 0.3 is 0 Å². The fourth-order valence-electron chi connectivity index (χ4n) is 4.98. The summed E-state index contributed by atoms with van der Waals surface area (Å²) in [5, 5.41) is 10.1. The molecule has 2 aromatic carbocycles. The normalized spacial score (nSPS) is 15.8. The van der Waals surface area contributed by atoms with Gasteiger partial charge in [0, 0.05) is 55.2 Å². The molecule has 0 atom stereocenters. The number of rotatable bonds is 7. The first-order chi connectivity index (χ1) is 19.0. The summed E-state index contributed by atoms with van der Waals surface area (Å²) in [5.41, 5.74) is 3.46. The number of hydrogen-bond donors (Lipinski definition) is 0. The highest BCUT2D eigenvalue weighted by molar-refractivity contribution is 7.20. The zero-order valence-electron chi connectivity index (χ0n) is 21.9. The van der Waals surface area contributed by atoms with Gasteiger partial charge in [-0.1, -0.05) is 12.1 Å². The molecule has 2 amide bonds. The summed E-state index contributed by atoms with van der Waals surface area (Å²) in [6.07, 6.45) is 5.44. The van der Waals surface area contributed by atoms with E-state index in [1.165, 1.54) is 11.3 Å². The van der Waals surface area contributed by atoms with E-state index >= 15 is 0 Å². The average Bonchev–Trinajstić information content (AvgIpc) is 3.58. The van der Waals surface area contributed by atoms with E-state index < -0.39 is 0 Å². The van der Waals surface area contributed by atoms with Crippen LogP contribution in [0.1, 0.15) is 39.3 Å². The number of carbonyl (C=O) groups is 2. The molecule has 0 radical (unpaired) electrons. The average molecular weight is 539 g/mol. The second kappa shape index (κ2) is 10.6. The summed E-state index contributed by atoms with van der Waals surface area (Å²) < 4.78 is 3.09. The Morgan fingerprint density at radius 3 is 2.56 bits per heavy atom. The van der Waals surface area contributed by atoms with Crippen molar-refractivity contribution in [2.24, 2.45) is 5.92 Å². The second-order valence-electron chi connectivity index (χ2n) is 10.4. The minimum Gasteiger partial charge on any atom is -0.335 e. The Hall–Kier alpha value is -4.00. The van der Waals surface area contributed by atoms with E-state index in [2.05, 4.69) is 23.0 Å². The van der Waals surface area contributed by atoms with Gasteiger partial charge in [0.1, 0.15) is 0 Å². The third-order valence-electron chi connectivity index (χ3n) is 7.56. The standard InChI is InChI=1S/C30H30N6O2S/c1-33-10-12-34(13-11-33)30(38)28-15-24-14-25(8-9-27(24)39-28)36(29(37)23-6-7-23)19-26-17-32-20-35(26)18-22-4-2-21(16-31)3-5-22/h2-5,8-9,14-15,17,20,23H,6-7,10-13,18-19H2,1H3. The molecule has 2 fully saturated rings. The molecule has 0 bridgehead atoms. The molecule has 39 heavy (non-hydrogen) atoms. The van der Waals surface area contributed by atoms with Gasteiger partial charge in [-0.05, 0) is 67.2 Å². The summed E-state index contributed by atoms with van der Waals surface area (Å²) in [4.78, 5) is 37.8. The van der Waals surface area contributed by atoms with E-state index in [9.17, 15) is 9.59 Å². The maximum absolute atomic E-state index is 13.5. The summed E-state index contributed by atoms with van der Waals surface area (Å²) in [7, 11) is 2.08. The van der Waals surface area contributed by atoms with Crippen LogP contribution in [-0.2, 0) is 17.9 Å². The maximum atomic E-state index is 13.5. The number of carbonyl (C=O) groups excluding carboxylic acids is 2. The number of anilines is 1. The van der Waals surface area contributed by atoms with Crippen LogP contribution >= 0.6 is 11.3 Å². The number of hydrogen-bond acceptors (Lipinski definition) is 6. The fraction of sp³-hybridized carbons (Fsp3) is 0.333. The van der Waals surface area contributed by atoms with Crippen LogP contribution in [0.2, 0.25) is 0 Å². The molecule has 6 rings (SSSR count). The van der Waals surface area contributed by atoms with Crippen molar-refractivity contribution in [1.29, 1.82) is 5.26 Å². The number of nitrogens with zero attached hydrogens (tertiary/aromatic N) is 6. The first kappa shape index (κ1) is 25.3. The van der Waals surface area contributed by atoms with Gasteiger partial charge in [-0.15, -0.1) is 11.3 Å². The number of piperazine rings is 1. The molecule has 2 aromatic heterocycles. The van der Waals surface area contributed by atoms with Crippen LogP contribution in [0.5, 0.6) is 0 Å². The Bertz CT molecular complexity index is 1550. The number of nitriles is 1. The highest BCUT2D eigenvalue weighted by atomic mass is 32.1. The molecule has 198 valence electrons. The predicted molar refractivity (Wildman–Crippen MR) is 152 cm³/mol.